The summed E-state index contributed by atoms with van der Waals surface area (Å²) in [5, 5.41) is 0. The molecule has 0 unspecified atom stereocenters. The zero-order chi connectivity index (χ0) is 11.2. The summed E-state index contributed by atoms with van der Waals surface area (Å²) < 4.78 is 5.18. The Morgan fingerprint density at radius 2 is 2.00 bits per heavy atom. The molecule has 3 aliphatic carbocycles. The van der Waals surface area contributed by atoms with E-state index in [0.717, 1.165) is 17.8 Å². The van der Waals surface area contributed by atoms with Gasteiger partial charge in [0.05, 0.1) is 6.61 Å². The van der Waals surface area contributed by atoms with E-state index in [0.29, 0.717) is 17.9 Å². The number of hydrogen-bond acceptors (Lipinski definition) is 2. The van der Waals surface area contributed by atoms with Crippen molar-refractivity contribution in [3.8, 4) is 0 Å². The topological polar surface area (TPSA) is 26.3 Å². The molecule has 2 heteroatoms. The Labute approximate surface area is 92.4 Å². The Morgan fingerprint density at radius 1 is 1.33 bits per heavy atom. The maximum Gasteiger partial charge on any atom is 0.302 e. The summed E-state index contributed by atoms with van der Waals surface area (Å²) in [6.07, 6.45) is 2.59. The molecule has 3 saturated carbocycles. The third-order valence-electron chi connectivity index (χ3n) is 4.85. The van der Waals surface area contributed by atoms with Gasteiger partial charge in [0.2, 0.25) is 0 Å². The molecule has 3 aliphatic rings. The van der Waals surface area contributed by atoms with Gasteiger partial charge in [0.25, 0.3) is 0 Å². The highest BCUT2D eigenvalue weighted by Gasteiger charge is 2.57. The van der Waals surface area contributed by atoms with Crippen LogP contribution in [0.4, 0.5) is 0 Å². The predicted molar refractivity (Wildman–Crippen MR) is 59.3 cm³/mol. The zero-order valence-corrected chi connectivity index (χ0v) is 10.2. The van der Waals surface area contributed by atoms with E-state index < -0.39 is 0 Å². The Balaban J connectivity index is 1.98. The quantitative estimate of drug-likeness (QED) is 0.655. The van der Waals surface area contributed by atoms with E-state index in [1.807, 2.05) is 0 Å². The second kappa shape index (κ2) is 3.50. The van der Waals surface area contributed by atoms with E-state index >= 15 is 0 Å². The molecule has 0 aromatic carbocycles. The van der Waals surface area contributed by atoms with Crippen LogP contribution < -0.4 is 0 Å². The van der Waals surface area contributed by atoms with Gasteiger partial charge in [-0.1, -0.05) is 20.8 Å². The van der Waals surface area contributed by atoms with Crippen LogP contribution in [0.25, 0.3) is 0 Å². The highest BCUT2D eigenvalue weighted by Crippen LogP contribution is 2.63. The molecule has 15 heavy (non-hydrogen) atoms. The van der Waals surface area contributed by atoms with Crippen molar-refractivity contribution in [3.63, 3.8) is 0 Å². The van der Waals surface area contributed by atoms with Crippen LogP contribution in [0.15, 0.2) is 0 Å². The van der Waals surface area contributed by atoms with Crippen LogP contribution in [0.2, 0.25) is 0 Å². The number of hydrogen-bond donors (Lipinski definition) is 0. The van der Waals surface area contributed by atoms with Gasteiger partial charge in [-0.25, -0.2) is 0 Å². The molecule has 0 N–H and O–H groups in total. The van der Waals surface area contributed by atoms with Crippen molar-refractivity contribution in [3.05, 3.63) is 0 Å². The molecule has 0 aromatic rings. The molecular formula is C13H22O2. The summed E-state index contributed by atoms with van der Waals surface area (Å²) in [6, 6.07) is 0. The first-order valence-corrected chi connectivity index (χ1v) is 6.06. The lowest BCUT2D eigenvalue weighted by molar-refractivity contribution is -0.164. The maximum atomic E-state index is 10.8. The molecule has 86 valence electrons. The lowest BCUT2D eigenvalue weighted by atomic mass is 9.43. The van der Waals surface area contributed by atoms with Gasteiger partial charge in [-0.3, -0.25) is 4.79 Å². The third kappa shape index (κ3) is 1.68. The van der Waals surface area contributed by atoms with E-state index in [2.05, 4.69) is 20.8 Å². The molecule has 0 spiro atoms. The highest BCUT2D eigenvalue weighted by atomic mass is 16.5. The van der Waals surface area contributed by atoms with Gasteiger partial charge in [-0.2, -0.15) is 0 Å². The van der Waals surface area contributed by atoms with Gasteiger partial charge in [-0.05, 0) is 41.9 Å². The van der Waals surface area contributed by atoms with Crippen molar-refractivity contribution in [1.29, 1.82) is 0 Å². The van der Waals surface area contributed by atoms with E-state index in [1.54, 1.807) is 0 Å². The first kappa shape index (κ1) is 11.0. The van der Waals surface area contributed by atoms with Gasteiger partial charge in [0, 0.05) is 6.92 Å². The van der Waals surface area contributed by atoms with Gasteiger partial charge in [-0.15, -0.1) is 0 Å². The van der Waals surface area contributed by atoms with Crippen molar-refractivity contribution in [2.45, 2.75) is 40.5 Å². The monoisotopic (exact) mass is 210 g/mol. The molecule has 2 bridgehead atoms. The number of esters is 1. The predicted octanol–water partition coefficient (Wildman–Crippen LogP) is 2.87. The number of rotatable bonds is 2. The fourth-order valence-corrected chi connectivity index (χ4v) is 3.98. The van der Waals surface area contributed by atoms with Crippen molar-refractivity contribution in [2.24, 2.45) is 29.1 Å². The molecule has 3 fully saturated rings. The number of ether oxygens (including phenoxy) is 1. The summed E-state index contributed by atoms with van der Waals surface area (Å²) in [4.78, 5) is 10.8. The first-order valence-electron chi connectivity index (χ1n) is 6.06. The van der Waals surface area contributed by atoms with E-state index in [9.17, 15) is 4.79 Å². The molecule has 3 rings (SSSR count). The van der Waals surface area contributed by atoms with Crippen molar-refractivity contribution < 1.29 is 9.53 Å². The third-order valence-corrected chi connectivity index (χ3v) is 4.85. The minimum absolute atomic E-state index is 0.137. The minimum Gasteiger partial charge on any atom is -0.466 e. The lowest BCUT2D eigenvalue weighted by Crippen LogP contribution is -2.56. The summed E-state index contributed by atoms with van der Waals surface area (Å²) in [7, 11) is 0. The second-order valence-corrected chi connectivity index (χ2v) is 6.05. The van der Waals surface area contributed by atoms with Crippen LogP contribution in [0.5, 0.6) is 0 Å². The molecule has 0 aliphatic heterocycles. The second-order valence-electron chi connectivity index (χ2n) is 6.05. The fourth-order valence-electron chi connectivity index (χ4n) is 3.98. The Kier molecular flexibility index (Phi) is 2.56. The molecular weight excluding hydrogens is 188 g/mol. The Hall–Kier alpha value is -0.530. The lowest BCUT2D eigenvalue weighted by Gasteiger charge is -2.62. The van der Waals surface area contributed by atoms with Crippen LogP contribution in [0.3, 0.4) is 0 Å². The normalized spacial score (nSPS) is 41.9. The zero-order valence-electron chi connectivity index (χ0n) is 10.2. The van der Waals surface area contributed by atoms with Crippen LogP contribution in [0.1, 0.15) is 40.5 Å². The standard InChI is InChI=1S/C13H22O2/c1-8-5-10(7-15-9(2)14)12-6-11(8)13(12,3)4/h8,10-12H,5-7H2,1-4H3/t8-,10+,11+,12-/m0/s1. The molecule has 0 saturated heterocycles. The van der Waals surface area contributed by atoms with Crippen LogP contribution in [0, 0.1) is 29.1 Å². The number of fused-ring (bicyclic) bond motifs is 2. The fraction of sp³-hybridized carbons (Fsp3) is 0.923. The van der Waals surface area contributed by atoms with Crippen molar-refractivity contribution in [1.82, 2.24) is 0 Å². The molecule has 0 radical (unpaired) electrons. The molecule has 4 atom stereocenters. The Bertz CT molecular complexity index is 270. The van der Waals surface area contributed by atoms with E-state index in [-0.39, 0.29) is 5.97 Å². The first-order chi connectivity index (χ1) is 6.93. The largest absolute Gasteiger partial charge is 0.466 e. The highest BCUT2D eigenvalue weighted by molar-refractivity contribution is 5.65. The maximum absolute atomic E-state index is 10.8. The van der Waals surface area contributed by atoms with Gasteiger partial charge < -0.3 is 4.74 Å². The van der Waals surface area contributed by atoms with Gasteiger partial charge in [0.15, 0.2) is 0 Å². The molecule has 2 nitrogen and oxygen atoms in total. The molecule has 0 heterocycles. The summed E-state index contributed by atoms with van der Waals surface area (Å²) in [5.41, 5.74) is 0.475. The van der Waals surface area contributed by atoms with Crippen LogP contribution in [-0.2, 0) is 9.53 Å². The minimum atomic E-state index is -0.137. The number of carbonyl (C=O) groups excluding carboxylic acids is 1. The molecule has 0 aromatic heterocycles. The average molecular weight is 210 g/mol. The summed E-state index contributed by atoms with van der Waals surface area (Å²) >= 11 is 0. The van der Waals surface area contributed by atoms with Crippen molar-refractivity contribution in [2.75, 3.05) is 6.61 Å². The summed E-state index contributed by atoms with van der Waals surface area (Å²) in [6.45, 7) is 9.24. The van der Waals surface area contributed by atoms with Gasteiger partial charge >= 0.3 is 5.97 Å². The van der Waals surface area contributed by atoms with E-state index in [4.69, 9.17) is 4.74 Å². The Morgan fingerprint density at radius 3 is 2.47 bits per heavy atom. The number of carbonyl (C=O) groups is 1. The van der Waals surface area contributed by atoms with Gasteiger partial charge in [0.1, 0.15) is 0 Å². The van der Waals surface area contributed by atoms with Crippen LogP contribution in [-0.4, -0.2) is 12.6 Å². The van der Waals surface area contributed by atoms with Crippen LogP contribution >= 0.6 is 0 Å². The van der Waals surface area contributed by atoms with Crippen molar-refractivity contribution >= 4 is 5.97 Å². The average Bonchev–Trinajstić information content (AvgIpc) is 2.13. The summed E-state index contributed by atoms with van der Waals surface area (Å²) in [5.74, 6) is 2.94. The smallest absolute Gasteiger partial charge is 0.302 e. The molecule has 0 amide bonds. The van der Waals surface area contributed by atoms with E-state index in [1.165, 1.54) is 19.8 Å². The SMILES string of the molecule is CC(=O)OC[C@H]1C[C@H](C)[C@H]2C[C@@H]1C2(C)C.